The van der Waals surface area contributed by atoms with Crippen molar-refractivity contribution >= 4 is 6.09 Å². The summed E-state index contributed by atoms with van der Waals surface area (Å²) in [6.07, 6.45) is 5.62. The normalized spacial score (nSPS) is 17.7. The number of hydrogen-bond donors (Lipinski definition) is 0. The summed E-state index contributed by atoms with van der Waals surface area (Å²) in [7, 11) is 1.96. The van der Waals surface area contributed by atoms with E-state index in [1.165, 1.54) is 6.07 Å². The number of amides is 1. The van der Waals surface area contributed by atoms with Crippen LogP contribution in [-0.2, 0) is 17.8 Å². The highest BCUT2D eigenvalue weighted by atomic mass is 19.2. The molecule has 0 saturated heterocycles. The molecule has 0 heterocycles. The Kier molecular flexibility index (Phi) is 7.20. The lowest BCUT2D eigenvalue weighted by atomic mass is 10.1. The molecule has 0 spiro atoms. The van der Waals surface area contributed by atoms with Gasteiger partial charge in [0.1, 0.15) is 5.60 Å². The predicted molar refractivity (Wildman–Crippen MR) is 121 cm³/mol. The molecule has 0 radical (unpaired) electrons. The first-order chi connectivity index (χ1) is 15.1. The van der Waals surface area contributed by atoms with E-state index in [2.05, 4.69) is 5.92 Å². The van der Waals surface area contributed by atoms with Crippen LogP contribution in [0, 0.1) is 24.0 Å². The predicted octanol–water partition coefficient (Wildman–Crippen LogP) is 5.32. The van der Waals surface area contributed by atoms with E-state index in [1.807, 2.05) is 57.0 Å². The third-order valence-corrected chi connectivity index (χ3v) is 5.35. The first kappa shape index (κ1) is 23.7. The number of terminal acetylenes is 1. The summed E-state index contributed by atoms with van der Waals surface area (Å²) >= 11 is 0. The number of nitrogens with zero attached hydrogens (tertiary/aromatic N) is 2. The Balaban J connectivity index is 1.75. The van der Waals surface area contributed by atoms with Gasteiger partial charge in [-0.25, -0.2) is 13.6 Å². The molecule has 0 aliphatic heterocycles. The van der Waals surface area contributed by atoms with E-state index in [9.17, 15) is 13.6 Å². The number of carbonyl (C=O) groups is 1. The molecule has 1 aliphatic carbocycles. The number of carbonyl (C=O) groups excluding carboxylic acids is 1. The summed E-state index contributed by atoms with van der Waals surface area (Å²) in [5.41, 5.74) is 2.15. The quantitative estimate of drug-likeness (QED) is 0.546. The molecule has 4 nitrogen and oxygen atoms in total. The van der Waals surface area contributed by atoms with Gasteiger partial charge in [-0.1, -0.05) is 36.3 Å². The van der Waals surface area contributed by atoms with E-state index in [4.69, 9.17) is 11.2 Å². The van der Waals surface area contributed by atoms with Gasteiger partial charge in [0.05, 0.1) is 6.54 Å². The number of ether oxygens (including phenoxy) is 1. The fourth-order valence-electron chi connectivity index (χ4n) is 3.74. The molecule has 3 rings (SSSR count). The van der Waals surface area contributed by atoms with Crippen LogP contribution < -0.4 is 0 Å². The largest absolute Gasteiger partial charge is 0.444 e. The second kappa shape index (κ2) is 9.70. The monoisotopic (exact) mass is 440 g/mol. The molecule has 2 aromatic carbocycles. The average Bonchev–Trinajstić information content (AvgIpc) is 3.48. The van der Waals surface area contributed by atoms with Crippen LogP contribution in [0.2, 0.25) is 0 Å². The molecule has 32 heavy (non-hydrogen) atoms. The fourth-order valence-corrected chi connectivity index (χ4v) is 3.74. The van der Waals surface area contributed by atoms with Crippen LogP contribution in [0.5, 0.6) is 0 Å². The molecule has 0 bridgehead atoms. The minimum Gasteiger partial charge on any atom is -0.444 e. The van der Waals surface area contributed by atoms with Crippen molar-refractivity contribution in [3.8, 4) is 12.3 Å². The van der Waals surface area contributed by atoms with Crippen molar-refractivity contribution in [2.75, 3.05) is 13.6 Å². The van der Waals surface area contributed by atoms with E-state index < -0.39 is 23.3 Å². The maximum atomic E-state index is 13.7. The first-order valence-corrected chi connectivity index (χ1v) is 10.7. The zero-order valence-corrected chi connectivity index (χ0v) is 19.1. The zero-order valence-electron chi connectivity index (χ0n) is 19.1. The maximum Gasteiger partial charge on any atom is 0.410 e. The molecule has 2 atom stereocenters. The summed E-state index contributed by atoms with van der Waals surface area (Å²) in [5.74, 6) is 0.831. The van der Waals surface area contributed by atoms with Crippen LogP contribution in [0.15, 0.2) is 42.5 Å². The minimum atomic E-state index is -0.873. The lowest BCUT2D eigenvalue weighted by Gasteiger charge is -2.28. The van der Waals surface area contributed by atoms with Gasteiger partial charge in [-0.05, 0) is 63.1 Å². The molecule has 1 fully saturated rings. The molecule has 170 valence electrons. The number of halogens is 2. The molecule has 6 heteroatoms. The summed E-state index contributed by atoms with van der Waals surface area (Å²) in [6.45, 7) is 7.15. The minimum absolute atomic E-state index is 0.0469. The van der Waals surface area contributed by atoms with Gasteiger partial charge < -0.3 is 9.64 Å². The van der Waals surface area contributed by atoms with Crippen molar-refractivity contribution in [2.45, 2.75) is 57.8 Å². The van der Waals surface area contributed by atoms with Crippen molar-refractivity contribution in [2.24, 2.45) is 0 Å². The van der Waals surface area contributed by atoms with Crippen LogP contribution in [0.4, 0.5) is 13.6 Å². The third kappa shape index (κ3) is 6.30. The van der Waals surface area contributed by atoms with E-state index in [-0.39, 0.29) is 12.0 Å². The van der Waals surface area contributed by atoms with Crippen LogP contribution in [0.3, 0.4) is 0 Å². The smallest absolute Gasteiger partial charge is 0.410 e. The van der Waals surface area contributed by atoms with Gasteiger partial charge in [0.25, 0.3) is 0 Å². The number of benzene rings is 2. The van der Waals surface area contributed by atoms with Gasteiger partial charge >= 0.3 is 6.09 Å². The van der Waals surface area contributed by atoms with Gasteiger partial charge in [-0.2, -0.15) is 0 Å². The maximum absolute atomic E-state index is 13.7. The van der Waals surface area contributed by atoms with Gasteiger partial charge in [0.2, 0.25) is 0 Å². The Labute approximate surface area is 189 Å². The van der Waals surface area contributed by atoms with Crippen LogP contribution in [0.25, 0.3) is 0 Å². The Morgan fingerprint density at radius 3 is 2.28 bits per heavy atom. The summed E-state index contributed by atoms with van der Waals surface area (Å²) < 4.78 is 32.7. The lowest BCUT2D eigenvalue weighted by molar-refractivity contribution is 0.0212. The third-order valence-electron chi connectivity index (χ3n) is 5.35. The number of rotatable bonds is 7. The lowest BCUT2D eigenvalue weighted by Crippen LogP contribution is -2.38. The molecule has 1 amide bonds. The van der Waals surface area contributed by atoms with Gasteiger partial charge in [-0.15, -0.1) is 6.42 Å². The Morgan fingerprint density at radius 1 is 1.09 bits per heavy atom. The van der Waals surface area contributed by atoms with Gasteiger partial charge in [0.15, 0.2) is 11.6 Å². The standard InChI is InChI=1S/C26H30F2N2O2/c1-6-13-29(5)16-18-7-9-19(10-8-18)17-30(25(31)32-26(2,3)4)24-15-21(24)20-11-12-22(27)23(28)14-20/h1,7-12,14,21,24H,13,15-17H2,2-5H3/t21-,24+/m0/s1. The second-order valence-corrected chi connectivity index (χ2v) is 9.38. The van der Waals surface area contributed by atoms with Crippen molar-refractivity contribution < 1.29 is 18.3 Å². The van der Waals surface area contributed by atoms with E-state index >= 15 is 0 Å². The summed E-state index contributed by atoms with van der Waals surface area (Å²) in [4.78, 5) is 16.7. The zero-order chi connectivity index (χ0) is 23.5. The molecule has 2 aromatic rings. The molecule has 0 N–H and O–H groups in total. The van der Waals surface area contributed by atoms with Crippen molar-refractivity contribution in [3.63, 3.8) is 0 Å². The Hall–Kier alpha value is -2.91. The second-order valence-electron chi connectivity index (χ2n) is 9.38. The van der Waals surface area contributed by atoms with Crippen molar-refractivity contribution in [3.05, 3.63) is 70.8 Å². The molecule has 0 aromatic heterocycles. The van der Waals surface area contributed by atoms with Crippen molar-refractivity contribution in [1.82, 2.24) is 9.80 Å². The highest BCUT2D eigenvalue weighted by Crippen LogP contribution is 2.46. The van der Waals surface area contributed by atoms with Gasteiger partial charge in [-0.3, -0.25) is 4.90 Å². The Morgan fingerprint density at radius 2 is 1.72 bits per heavy atom. The van der Waals surface area contributed by atoms with Crippen molar-refractivity contribution in [1.29, 1.82) is 0 Å². The topological polar surface area (TPSA) is 32.8 Å². The van der Waals surface area contributed by atoms with E-state index in [1.54, 1.807) is 11.0 Å². The van der Waals surface area contributed by atoms with E-state index in [0.29, 0.717) is 25.1 Å². The fraction of sp³-hybridized carbons (Fsp3) is 0.423. The van der Waals surface area contributed by atoms with E-state index in [0.717, 1.165) is 23.7 Å². The van der Waals surface area contributed by atoms with Crippen LogP contribution >= 0.6 is 0 Å². The van der Waals surface area contributed by atoms with Crippen LogP contribution in [-0.4, -0.2) is 41.1 Å². The summed E-state index contributed by atoms with van der Waals surface area (Å²) in [5, 5.41) is 0. The highest BCUT2D eigenvalue weighted by Gasteiger charge is 2.46. The molecule has 1 saturated carbocycles. The first-order valence-electron chi connectivity index (χ1n) is 10.7. The molecular weight excluding hydrogens is 410 g/mol. The molecule has 0 unspecified atom stereocenters. The highest BCUT2D eigenvalue weighted by molar-refractivity contribution is 5.69. The number of hydrogen-bond acceptors (Lipinski definition) is 3. The van der Waals surface area contributed by atoms with Gasteiger partial charge in [0, 0.05) is 25.0 Å². The Bertz CT molecular complexity index is 992. The average molecular weight is 441 g/mol. The summed E-state index contributed by atoms with van der Waals surface area (Å²) in [6, 6.07) is 11.8. The van der Waals surface area contributed by atoms with Crippen LogP contribution in [0.1, 0.15) is 49.8 Å². The molecule has 1 aliphatic rings. The SMILES string of the molecule is C#CCN(C)Cc1ccc(CN(C(=O)OC(C)(C)C)[C@@H]2C[C@H]2c2ccc(F)c(F)c2)cc1. The molecular formula is C26H30F2N2O2.